The molecule has 2 aromatic rings. The Labute approximate surface area is 146 Å². The van der Waals surface area contributed by atoms with E-state index in [1.807, 2.05) is 18.9 Å². The fraction of sp³-hybridized carbons (Fsp3) is 0.588. The maximum atomic E-state index is 13.1. The summed E-state index contributed by atoms with van der Waals surface area (Å²) in [5.74, 6) is 2.28. The number of likely N-dealkylation sites (N-methyl/N-ethyl adjacent to an activating group) is 1. The number of rotatable bonds is 3. The molecule has 132 valence electrons. The highest BCUT2D eigenvalue weighted by Gasteiger charge is 2.35. The van der Waals surface area contributed by atoms with Gasteiger partial charge in [-0.15, -0.1) is 0 Å². The third kappa shape index (κ3) is 3.13. The molecule has 0 aromatic carbocycles. The third-order valence-corrected chi connectivity index (χ3v) is 4.90. The summed E-state index contributed by atoms with van der Waals surface area (Å²) in [4.78, 5) is 30.2. The van der Waals surface area contributed by atoms with Gasteiger partial charge in [-0.3, -0.25) is 9.69 Å². The molecule has 1 atom stereocenters. The Morgan fingerprint density at radius 1 is 1.20 bits per heavy atom. The molecule has 8 nitrogen and oxygen atoms in total. The molecule has 1 saturated carbocycles. The monoisotopic (exact) mass is 342 g/mol. The lowest BCUT2D eigenvalue weighted by atomic mass is 10.1. The fourth-order valence-corrected chi connectivity index (χ4v) is 3.26. The molecule has 0 N–H and O–H groups in total. The Morgan fingerprint density at radius 3 is 2.68 bits per heavy atom. The Morgan fingerprint density at radius 2 is 2.00 bits per heavy atom. The van der Waals surface area contributed by atoms with Gasteiger partial charge in [0.05, 0.1) is 11.3 Å². The number of nitrogens with zero attached hydrogens (tertiary/aromatic N) is 6. The summed E-state index contributed by atoms with van der Waals surface area (Å²) in [5, 5.41) is 3.87. The van der Waals surface area contributed by atoms with Gasteiger partial charge in [0.1, 0.15) is 11.9 Å². The second kappa shape index (κ2) is 6.18. The first-order chi connectivity index (χ1) is 12.0. The number of aryl methyl sites for hydroxylation is 2. The molecule has 1 saturated heterocycles. The van der Waals surface area contributed by atoms with Gasteiger partial charge in [-0.2, -0.15) is 4.98 Å². The molecule has 3 heterocycles. The number of carbonyl (C=O) groups is 1. The fourth-order valence-electron chi connectivity index (χ4n) is 3.26. The van der Waals surface area contributed by atoms with E-state index >= 15 is 0 Å². The standard InChI is InChI=1S/C17H22N6O2/c1-10-18-8-13(15(19-10)12-4-5-12)17(24)23-7-6-22(3)14(9-23)16-20-11(2)21-25-16/h8,12,14H,4-7,9H2,1-3H3. The molecule has 2 aromatic heterocycles. The first-order valence-corrected chi connectivity index (χ1v) is 8.66. The van der Waals surface area contributed by atoms with Gasteiger partial charge in [0, 0.05) is 31.7 Å². The van der Waals surface area contributed by atoms with E-state index in [0.29, 0.717) is 36.3 Å². The van der Waals surface area contributed by atoms with Crippen LogP contribution in [0, 0.1) is 13.8 Å². The molecule has 25 heavy (non-hydrogen) atoms. The summed E-state index contributed by atoms with van der Waals surface area (Å²) < 4.78 is 5.33. The zero-order chi connectivity index (χ0) is 17.6. The molecule has 2 fully saturated rings. The van der Waals surface area contributed by atoms with E-state index in [2.05, 4.69) is 25.0 Å². The van der Waals surface area contributed by atoms with Crippen LogP contribution in [0.4, 0.5) is 0 Å². The second-order valence-electron chi connectivity index (χ2n) is 6.92. The van der Waals surface area contributed by atoms with Crippen LogP contribution in [0.15, 0.2) is 10.7 Å². The van der Waals surface area contributed by atoms with Crippen LogP contribution in [-0.4, -0.2) is 62.5 Å². The summed E-state index contributed by atoms with van der Waals surface area (Å²) in [6.45, 7) is 5.60. The van der Waals surface area contributed by atoms with Crippen LogP contribution in [0.5, 0.6) is 0 Å². The van der Waals surface area contributed by atoms with E-state index in [0.717, 1.165) is 30.9 Å². The summed E-state index contributed by atoms with van der Waals surface area (Å²) in [7, 11) is 2.01. The van der Waals surface area contributed by atoms with Crippen LogP contribution >= 0.6 is 0 Å². The van der Waals surface area contributed by atoms with Crippen LogP contribution in [0.3, 0.4) is 0 Å². The van der Waals surface area contributed by atoms with Crippen LogP contribution < -0.4 is 0 Å². The Hall–Kier alpha value is -2.35. The van der Waals surface area contributed by atoms with Crippen molar-refractivity contribution in [3.63, 3.8) is 0 Å². The first kappa shape index (κ1) is 16.1. The van der Waals surface area contributed by atoms with Crippen molar-refractivity contribution in [1.29, 1.82) is 0 Å². The first-order valence-electron chi connectivity index (χ1n) is 8.66. The van der Waals surface area contributed by atoms with Gasteiger partial charge < -0.3 is 9.42 Å². The zero-order valence-electron chi connectivity index (χ0n) is 14.8. The van der Waals surface area contributed by atoms with E-state index in [1.165, 1.54) is 0 Å². The molecule has 0 spiro atoms. The van der Waals surface area contributed by atoms with Gasteiger partial charge in [-0.1, -0.05) is 5.16 Å². The summed E-state index contributed by atoms with van der Waals surface area (Å²) in [6, 6.07) is -0.0883. The average Bonchev–Trinajstić information content (AvgIpc) is 3.36. The molecule has 0 radical (unpaired) electrons. The normalized spacial score (nSPS) is 21.6. The molecule has 1 amide bonds. The predicted molar refractivity (Wildman–Crippen MR) is 89.1 cm³/mol. The molecule has 0 bridgehead atoms. The molecular formula is C17H22N6O2. The van der Waals surface area contributed by atoms with Gasteiger partial charge in [-0.25, -0.2) is 9.97 Å². The van der Waals surface area contributed by atoms with Crippen molar-refractivity contribution in [2.75, 3.05) is 26.7 Å². The minimum absolute atomic E-state index is 0.00348. The van der Waals surface area contributed by atoms with Crippen molar-refractivity contribution in [2.24, 2.45) is 0 Å². The summed E-state index contributed by atoms with van der Waals surface area (Å²) in [6.07, 6.45) is 3.88. The number of carbonyl (C=O) groups excluding carboxylic acids is 1. The topological polar surface area (TPSA) is 88.2 Å². The summed E-state index contributed by atoms with van der Waals surface area (Å²) >= 11 is 0. The lowest BCUT2D eigenvalue weighted by molar-refractivity contribution is 0.0487. The average molecular weight is 342 g/mol. The van der Waals surface area contributed by atoms with E-state index in [1.54, 1.807) is 13.1 Å². The third-order valence-electron chi connectivity index (χ3n) is 4.90. The molecule has 2 aliphatic rings. The predicted octanol–water partition coefficient (Wildman–Crippen LogP) is 1.48. The maximum Gasteiger partial charge on any atom is 0.257 e. The Balaban J connectivity index is 1.58. The van der Waals surface area contributed by atoms with Gasteiger partial charge in [0.15, 0.2) is 5.82 Å². The molecule has 1 aliphatic carbocycles. The lowest BCUT2D eigenvalue weighted by Gasteiger charge is -2.37. The van der Waals surface area contributed by atoms with Gasteiger partial charge in [0.25, 0.3) is 5.91 Å². The molecular weight excluding hydrogens is 320 g/mol. The van der Waals surface area contributed by atoms with Crippen molar-refractivity contribution in [3.8, 4) is 0 Å². The molecule has 4 rings (SSSR count). The minimum Gasteiger partial charge on any atom is -0.338 e. The quantitative estimate of drug-likeness (QED) is 0.835. The van der Waals surface area contributed by atoms with Crippen LogP contribution in [0.25, 0.3) is 0 Å². The zero-order valence-corrected chi connectivity index (χ0v) is 14.8. The van der Waals surface area contributed by atoms with Crippen molar-refractivity contribution in [1.82, 2.24) is 29.9 Å². The highest BCUT2D eigenvalue weighted by molar-refractivity contribution is 5.95. The van der Waals surface area contributed by atoms with E-state index in [9.17, 15) is 4.79 Å². The Bertz CT molecular complexity index is 800. The maximum absolute atomic E-state index is 13.1. The van der Waals surface area contributed by atoms with Crippen LogP contribution in [-0.2, 0) is 0 Å². The van der Waals surface area contributed by atoms with Crippen LogP contribution in [0.2, 0.25) is 0 Å². The number of hydrogen-bond acceptors (Lipinski definition) is 7. The molecule has 1 aliphatic heterocycles. The van der Waals surface area contributed by atoms with Crippen molar-refractivity contribution < 1.29 is 9.32 Å². The van der Waals surface area contributed by atoms with Gasteiger partial charge >= 0.3 is 0 Å². The minimum atomic E-state index is -0.0883. The van der Waals surface area contributed by atoms with E-state index < -0.39 is 0 Å². The highest BCUT2D eigenvalue weighted by Crippen LogP contribution is 2.40. The molecule has 1 unspecified atom stereocenters. The summed E-state index contributed by atoms with van der Waals surface area (Å²) in [5.41, 5.74) is 1.54. The number of piperazine rings is 1. The van der Waals surface area contributed by atoms with Gasteiger partial charge in [-0.05, 0) is 33.7 Å². The van der Waals surface area contributed by atoms with E-state index in [-0.39, 0.29) is 11.9 Å². The number of amides is 1. The van der Waals surface area contributed by atoms with Gasteiger partial charge in [0.2, 0.25) is 5.89 Å². The van der Waals surface area contributed by atoms with Crippen molar-refractivity contribution in [2.45, 2.75) is 38.6 Å². The van der Waals surface area contributed by atoms with Crippen molar-refractivity contribution in [3.05, 3.63) is 35.0 Å². The van der Waals surface area contributed by atoms with Crippen LogP contribution in [0.1, 0.15) is 58.4 Å². The SMILES string of the molecule is Cc1noc(C2CN(C(=O)c3cnc(C)nc3C3CC3)CCN2C)n1. The molecule has 8 heteroatoms. The number of aromatic nitrogens is 4. The van der Waals surface area contributed by atoms with E-state index in [4.69, 9.17) is 4.52 Å². The highest BCUT2D eigenvalue weighted by atomic mass is 16.5. The lowest BCUT2D eigenvalue weighted by Crippen LogP contribution is -2.49. The van der Waals surface area contributed by atoms with Crippen molar-refractivity contribution >= 4 is 5.91 Å². The Kier molecular flexibility index (Phi) is 3.99. The largest absolute Gasteiger partial charge is 0.338 e. The smallest absolute Gasteiger partial charge is 0.257 e. The number of hydrogen-bond donors (Lipinski definition) is 0. The second-order valence-corrected chi connectivity index (χ2v) is 6.92.